The van der Waals surface area contributed by atoms with Gasteiger partial charge in [-0.15, -0.1) is 0 Å². The lowest BCUT2D eigenvalue weighted by atomic mass is 10.1. The molecule has 10 heteroatoms. The summed E-state index contributed by atoms with van der Waals surface area (Å²) >= 11 is 0. The Bertz CT molecular complexity index is 1110. The number of aliphatic hydroxyl groups excluding tert-OH is 1. The fourth-order valence-corrected chi connectivity index (χ4v) is 4.26. The number of hydrogen-bond acceptors (Lipinski definition) is 6. The third-order valence-corrected chi connectivity index (χ3v) is 6.19. The molecule has 0 radical (unpaired) electrons. The molecular formula is C25H29N5O5. The third-order valence-electron chi connectivity index (χ3n) is 6.19. The Morgan fingerprint density at radius 2 is 1.77 bits per heavy atom. The maximum Gasteiger partial charge on any atom is 0.259 e. The highest BCUT2D eigenvalue weighted by molar-refractivity contribution is 6.05. The molecule has 0 aliphatic carbocycles. The Kier molecular flexibility index (Phi) is 7.42. The van der Waals surface area contributed by atoms with Crippen molar-refractivity contribution in [2.24, 2.45) is 5.73 Å². The predicted molar refractivity (Wildman–Crippen MR) is 130 cm³/mol. The van der Waals surface area contributed by atoms with E-state index in [2.05, 4.69) is 5.32 Å². The lowest BCUT2D eigenvalue weighted by Crippen LogP contribution is -2.55. The predicted octanol–water partition coefficient (Wildman–Crippen LogP) is 1.33. The number of amidine groups is 1. The van der Waals surface area contributed by atoms with E-state index in [0.29, 0.717) is 22.5 Å². The van der Waals surface area contributed by atoms with E-state index in [1.54, 1.807) is 48.5 Å². The number of nitrogen functional groups attached to an aromatic ring is 1. The van der Waals surface area contributed by atoms with E-state index in [0.717, 1.165) is 32.4 Å². The van der Waals surface area contributed by atoms with Crippen LogP contribution in [0.5, 0.6) is 0 Å². The van der Waals surface area contributed by atoms with Crippen molar-refractivity contribution >= 4 is 34.9 Å². The molecule has 2 aliphatic heterocycles. The van der Waals surface area contributed by atoms with Gasteiger partial charge in [-0.2, -0.15) is 0 Å². The summed E-state index contributed by atoms with van der Waals surface area (Å²) in [5, 5.41) is 20.6. The van der Waals surface area contributed by atoms with E-state index in [-0.39, 0.29) is 24.9 Å². The standard InChI is InChI=1S/C25H29N5O5/c26-22(27)16-7-9-18(10-8-16)28-23(32)20(31)21-25(34)30(13-14-35-21)19-6-4-5-17(15-19)24(33)29-11-2-1-3-12-29/h4-10,15,20-21,31H,1-3,11-14H2,(H3,26,27)(H,28,32)/t20-,21-/m1/s1. The molecule has 35 heavy (non-hydrogen) atoms. The van der Waals surface area contributed by atoms with E-state index in [1.165, 1.54) is 4.90 Å². The smallest absolute Gasteiger partial charge is 0.259 e. The second kappa shape index (κ2) is 10.7. The molecule has 2 aromatic rings. The topological polar surface area (TPSA) is 149 Å². The minimum Gasteiger partial charge on any atom is -0.384 e. The second-order valence-corrected chi connectivity index (χ2v) is 8.61. The summed E-state index contributed by atoms with van der Waals surface area (Å²) in [4.78, 5) is 41.9. The highest BCUT2D eigenvalue weighted by Gasteiger charge is 2.39. The van der Waals surface area contributed by atoms with Gasteiger partial charge in [-0.25, -0.2) is 0 Å². The number of nitrogens with one attached hydrogen (secondary N) is 2. The number of likely N-dealkylation sites (tertiary alicyclic amines) is 1. The number of aliphatic hydroxyl groups is 1. The molecule has 2 aliphatic rings. The van der Waals surface area contributed by atoms with Gasteiger partial charge in [0, 0.05) is 42.1 Å². The number of amides is 3. The van der Waals surface area contributed by atoms with E-state index in [9.17, 15) is 19.5 Å². The highest BCUT2D eigenvalue weighted by Crippen LogP contribution is 2.23. The molecule has 2 atom stereocenters. The fraction of sp³-hybridized carbons (Fsp3) is 0.360. The summed E-state index contributed by atoms with van der Waals surface area (Å²) in [6, 6.07) is 13.0. The van der Waals surface area contributed by atoms with Crippen molar-refractivity contribution in [1.82, 2.24) is 4.90 Å². The van der Waals surface area contributed by atoms with Crippen molar-refractivity contribution in [1.29, 1.82) is 5.41 Å². The molecule has 3 amide bonds. The minimum atomic E-state index is -1.74. The number of anilines is 2. The zero-order chi connectivity index (χ0) is 24.9. The molecule has 2 heterocycles. The van der Waals surface area contributed by atoms with Crippen LogP contribution in [-0.2, 0) is 14.3 Å². The Morgan fingerprint density at radius 3 is 2.46 bits per heavy atom. The van der Waals surface area contributed by atoms with Crippen LogP contribution in [0.2, 0.25) is 0 Å². The van der Waals surface area contributed by atoms with Gasteiger partial charge in [0.05, 0.1) is 6.61 Å². The molecule has 184 valence electrons. The molecule has 5 N–H and O–H groups in total. The number of piperidine rings is 1. The Labute approximate surface area is 203 Å². The second-order valence-electron chi connectivity index (χ2n) is 8.61. The van der Waals surface area contributed by atoms with Crippen molar-refractivity contribution < 1.29 is 24.2 Å². The summed E-state index contributed by atoms with van der Waals surface area (Å²) < 4.78 is 5.46. The summed E-state index contributed by atoms with van der Waals surface area (Å²) in [5.74, 6) is -1.53. The zero-order valence-electron chi connectivity index (χ0n) is 19.3. The molecule has 0 spiro atoms. The number of nitrogens with zero attached hydrogens (tertiary/aromatic N) is 2. The molecule has 4 rings (SSSR count). The van der Waals surface area contributed by atoms with Gasteiger partial charge in [0.1, 0.15) is 5.84 Å². The number of carbonyl (C=O) groups excluding carboxylic acids is 3. The van der Waals surface area contributed by atoms with Crippen LogP contribution in [-0.4, -0.2) is 72.0 Å². The Balaban J connectivity index is 1.44. The van der Waals surface area contributed by atoms with Gasteiger partial charge in [-0.05, 0) is 61.7 Å². The molecule has 0 unspecified atom stereocenters. The van der Waals surface area contributed by atoms with Crippen molar-refractivity contribution in [3.05, 3.63) is 59.7 Å². The van der Waals surface area contributed by atoms with Crippen molar-refractivity contribution in [2.75, 3.05) is 36.5 Å². The van der Waals surface area contributed by atoms with Crippen LogP contribution in [0.3, 0.4) is 0 Å². The van der Waals surface area contributed by atoms with Crippen LogP contribution in [0.1, 0.15) is 35.2 Å². The summed E-state index contributed by atoms with van der Waals surface area (Å²) in [6.45, 7) is 1.80. The van der Waals surface area contributed by atoms with Crippen molar-refractivity contribution in [2.45, 2.75) is 31.5 Å². The van der Waals surface area contributed by atoms with Crippen molar-refractivity contribution in [3.63, 3.8) is 0 Å². The molecule has 10 nitrogen and oxygen atoms in total. The van der Waals surface area contributed by atoms with Crippen LogP contribution < -0.4 is 16.0 Å². The number of benzene rings is 2. The normalized spacial score (nSPS) is 19.2. The van der Waals surface area contributed by atoms with E-state index in [4.69, 9.17) is 15.9 Å². The number of hydrogen-bond donors (Lipinski definition) is 4. The summed E-state index contributed by atoms with van der Waals surface area (Å²) in [5.41, 5.74) is 7.30. The number of nitrogens with two attached hydrogens (primary N) is 1. The molecule has 0 aromatic heterocycles. The number of rotatable bonds is 6. The lowest BCUT2D eigenvalue weighted by molar-refractivity contribution is -0.150. The Morgan fingerprint density at radius 1 is 1.06 bits per heavy atom. The average molecular weight is 480 g/mol. The highest BCUT2D eigenvalue weighted by atomic mass is 16.5. The van der Waals surface area contributed by atoms with Crippen molar-refractivity contribution in [3.8, 4) is 0 Å². The van der Waals surface area contributed by atoms with E-state index < -0.39 is 24.0 Å². The maximum absolute atomic E-state index is 13.2. The number of morpholine rings is 1. The van der Waals surface area contributed by atoms with Gasteiger partial charge >= 0.3 is 0 Å². The first kappa shape index (κ1) is 24.4. The molecule has 2 aromatic carbocycles. The zero-order valence-corrected chi connectivity index (χ0v) is 19.3. The first-order valence-corrected chi connectivity index (χ1v) is 11.6. The van der Waals surface area contributed by atoms with E-state index >= 15 is 0 Å². The molecule has 2 saturated heterocycles. The minimum absolute atomic E-state index is 0.0704. The molecule has 0 saturated carbocycles. The SMILES string of the molecule is N=C(N)c1ccc(NC(=O)[C@H](O)[C@H]2OCCN(c3cccc(C(=O)N4CCCCC4)c3)C2=O)cc1. The largest absolute Gasteiger partial charge is 0.384 e. The van der Waals surface area contributed by atoms with Gasteiger partial charge in [0.15, 0.2) is 12.2 Å². The van der Waals surface area contributed by atoms with E-state index in [1.807, 2.05) is 4.90 Å². The first-order chi connectivity index (χ1) is 16.8. The number of ether oxygens (including phenoxy) is 1. The third kappa shape index (κ3) is 5.50. The van der Waals surface area contributed by atoms with Crippen LogP contribution in [0.25, 0.3) is 0 Å². The summed E-state index contributed by atoms with van der Waals surface area (Å²) in [6.07, 6.45) is -0.0450. The quantitative estimate of drug-likeness (QED) is 0.363. The lowest BCUT2D eigenvalue weighted by Gasteiger charge is -2.34. The molecular weight excluding hydrogens is 450 g/mol. The average Bonchev–Trinajstić information content (AvgIpc) is 2.89. The first-order valence-electron chi connectivity index (χ1n) is 11.6. The molecule has 2 fully saturated rings. The monoisotopic (exact) mass is 479 g/mol. The number of carbonyl (C=O) groups is 3. The van der Waals surface area contributed by atoms with Crippen LogP contribution >= 0.6 is 0 Å². The Hall–Kier alpha value is -3.76. The van der Waals surface area contributed by atoms with Gasteiger partial charge in [0.2, 0.25) is 0 Å². The summed E-state index contributed by atoms with van der Waals surface area (Å²) in [7, 11) is 0. The van der Waals surface area contributed by atoms with Gasteiger partial charge in [0.25, 0.3) is 17.7 Å². The van der Waals surface area contributed by atoms with Gasteiger partial charge < -0.3 is 30.7 Å². The van der Waals surface area contributed by atoms with Crippen LogP contribution in [0, 0.1) is 5.41 Å². The fourth-order valence-electron chi connectivity index (χ4n) is 4.26. The van der Waals surface area contributed by atoms with Gasteiger partial charge in [-0.1, -0.05) is 6.07 Å². The maximum atomic E-state index is 13.2. The molecule has 0 bridgehead atoms. The van der Waals surface area contributed by atoms with Crippen LogP contribution in [0.15, 0.2) is 48.5 Å². The van der Waals surface area contributed by atoms with Gasteiger partial charge in [-0.3, -0.25) is 19.8 Å². The van der Waals surface area contributed by atoms with Crippen LogP contribution in [0.4, 0.5) is 11.4 Å².